The van der Waals surface area contributed by atoms with E-state index in [1.54, 1.807) is 19.1 Å². The van der Waals surface area contributed by atoms with Crippen LogP contribution in [0.3, 0.4) is 0 Å². The first kappa shape index (κ1) is 14.4. The number of carbonyl (C=O) groups is 1. The van der Waals surface area contributed by atoms with Gasteiger partial charge in [-0.3, -0.25) is 4.79 Å². The lowest BCUT2D eigenvalue weighted by atomic mass is 10.2. The molecule has 0 radical (unpaired) electrons. The lowest BCUT2D eigenvalue weighted by molar-refractivity contribution is -0.123. The zero-order valence-corrected chi connectivity index (χ0v) is 10.7. The van der Waals surface area contributed by atoms with Gasteiger partial charge in [0.25, 0.3) is 5.91 Å². The van der Waals surface area contributed by atoms with Gasteiger partial charge >= 0.3 is 0 Å². The van der Waals surface area contributed by atoms with Gasteiger partial charge in [-0.25, -0.2) is 4.39 Å². The molecule has 4 nitrogen and oxygen atoms in total. The van der Waals surface area contributed by atoms with Gasteiger partial charge in [-0.2, -0.15) is 0 Å². The van der Waals surface area contributed by atoms with Crippen LogP contribution in [0.1, 0.15) is 12.5 Å². The fourth-order valence-electron chi connectivity index (χ4n) is 1.27. The average molecular weight is 255 g/mol. The van der Waals surface area contributed by atoms with E-state index in [1.165, 1.54) is 6.07 Å². The van der Waals surface area contributed by atoms with Crippen molar-refractivity contribution in [2.45, 2.75) is 13.8 Å². The van der Waals surface area contributed by atoms with E-state index in [0.29, 0.717) is 31.1 Å². The summed E-state index contributed by atoms with van der Waals surface area (Å²) in [6, 6.07) is 4.51. The van der Waals surface area contributed by atoms with Crippen molar-refractivity contribution in [3.63, 3.8) is 0 Å². The molecule has 1 aromatic carbocycles. The number of hydrogen-bond acceptors (Lipinski definition) is 3. The fourth-order valence-corrected chi connectivity index (χ4v) is 1.27. The number of amides is 1. The van der Waals surface area contributed by atoms with Gasteiger partial charge in [0.15, 0.2) is 6.61 Å². The number of hydrogen-bond donors (Lipinski definition) is 1. The summed E-state index contributed by atoms with van der Waals surface area (Å²) >= 11 is 0. The monoisotopic (exact) mass is 255 g/mol. The third kappa shape index (κ3) is 5.14. The van der Waals surface area contributed by atoms with Gasteiger partial charge in [-0.05, 0) is 25.5 Å². The molecule has 1 aromatic rings. The standard InChI is InChI=1S/C13H18FNO3/c1-3-17-7-6-15-13(16)9-18-11-5-4-10(2)12(14)8-11/h4-5,8H,3,6-7,9H2,1-2H3,(H,15,16). The Hall–Kier alpha value is -1.62. The molecular weight excluding hydrogens is 237 g/mol. The van der Waals surface area contributed by atoms with Crippen LogP contribution in [-0.2, 0) is 9.53 Å². The van der Waals surface area contributed by atoms with E-state index in [-0.39, 0.29) is 18.3 Å². The van der Waals surface area contributed by atoms with Gasteiger partial charge in [-0.1, -0.05) is 6.07 Å². The van der Waals surface area contributed by atoms with E-state index < -0.39 is 0 Å². The largest absolute Gasteiger partial charge is 0.484 e. The molecule has 1 rings (SSSR count). The lowest BCUT2D eigenvalue weighted by Gasteiger charge is -2.08. The molecule has 0 heterocycles. The molecule has 1 N–H and O–H groups in total. The van der Waals surface area contributed by atoms with Gasteiger partial charge in [-0.15, -0.1) is 0 Å². The van der Waals surface area contributed by atoms with Crippen LogP contribution in [0.4, 0.5) is 4.39 Å². The van der Waals surface area contributed by atoms with E-state index >= 15 is 0 Å². The third-order valence-corrected chi connectivity index (χ3v) is 2.29. The van der Waals surface area contributed by atoms with E-state index in [4.69, 9.17) is 9.47 Å². The molecule has 0 aliphatic carbocycles. The van der Waals surface area contributed by atoms with Crippen molar-refractivity contribution in [1.82, 2.24) is 5.32 Å². The number of ether oxygens (including phenoxy) is 2. The Kier molecular flexibility index (Phi) is 6.14. The van der Waals surface area contributed by atoms with E-state index in [2.05, 4.69) is 5.32 Å². The predicted molar refractivity (Wildman–Crippen MR) is 66.1 cm³/mol. The molecule has 100 valence electrons. The van der Waals surface area contributed by atoms with Crippen molar-refractivity contribution >= 4 is 5.91 Å². The minimum Gasteiger partial charge on any atom is -0.484 e. The normalized spacial score (nSPS) is 10.2. The summed E-state index contributed by atoms with van der Waals surface area (Å²) in [5.74, 6) is -0.252. The Morgan fingerprint density at radius 3 is 2.89 bits per heavy atom. The highest BCUT2D eigenvalue weighted by Gasteiger charge is 2.04. The number of rotatable bonds is 7. The maximum Gasteiger partial charge on any atom is 0.258 e. The highest BCUT2D eigenvalue weighted by molar-refractivity contribution is 5.77. The minimum atomic E-state index is -0.343. The molecular formula is C13H18FNO3. The summed E-state index contributed by atoms with van der Waals surface area (Å²) in [6.07, 6.45) is 0. The van der Waals surface area contributed by atoms with Gasteiger partial charge in [0.2, 0.25) is 0 Å². The first-order chi connectivity index (χ1) is 8.63. The number of halogens is 1. The summed E-state index contributed by atoms with van der Waals surface area (Å²) < 4.78 is 23.4. The Morgan fingerprint density at radius 1 is 1.44 bits per heavy atom. The summed E-state index contributed by atoms with van der Waals surface area (Å²) in [7, 11) is 0. The van der Waals surface area contributed by atoms with Gasteiger partial charge < -0.3 is 14.8 Å². The van der Waals surface area contributed by atoms with Gasteiger partial charge in [0.1, 0.15) is 11.6 Å². The molecule has 0 aliphatic rings. The summed E-state index contributed by atoms with van der Waals surface area (Å²) in [5, 5.41) is 2.63. The summed E-state index contributed by atoms with van der Waals surface area (Å²) in [6.45, 7) is 4.96. The van der Waals surface area contributed by atoms with Crippen LogP contribution >= 0.6 is 0 Å². The second-order valence-electron chi connectivity index (χ2n) is 3.75. The first-order valence-electron chi connectivity index (χ1n) is 5.87. The maximum absolute atomic E-state index is 13.2. The Balaban J connectivity index is 2.27. The van der Waals surface area contributed by atoms with Crippen LogP contribution in [-0.4, -0.2) is 32.3 Å². The molecule has 0 atom stereocenters. The molecule has 0 unspecified atom stereocenters. The topological polar surface area (TPSA) is 47.6 Å². The Labute approximate surface area is 106 Å². The molecule has 18 heavy (non-hydrogen) atoms. The zero-order chi connectivity index (χ0) is 13.4. The van der Waals surface area contributed by atoms with Crippen LogP contribution in [0.25, 0.3) is 0 Å². The smallest absolute Gasteiger partial charge is 0.258 e. The molecule has 0 spiro atoms. The van der Waals surface area contributed by atoms with Crippen molar-refractivity contribution in [3.8, 4) is 5.75 Å². The maximum atomic E-state index is 13.2. The van der Waals surface area contributed by atoms with Crippen LogP contribution in [0.5, 0.6) is 5.75 Å². The Bertz CT molecular complexity index is 396. The van der Waals surface area contributed by atoms with Crippen molar-refractivity contribution < 1.29 is 18.7 Å². The molecule has 5 heteroatoms. The lowest BCUT2D eigenvalue weighted by Crippen LogP contribution is -2.31. The molecule has 0 fully saturated rings. The van der Waals surface area contributed by atoms with Crippen LogP contribution < -0.4 is 10.1 Å². The van der Waals surface area contributed by atoms with Crippen LogP contribution in [0, 0.1) is 12.7 Å². The van der Waals surface area contributed by atoms with Crippen LogP contribution in [0.15, 0.2) is 18.2 Å². The summed E-state index contributed by atoms with van der Waals surface area (Å²) in [5.41, 5.74) is 0.545. The second-order valence-corrected chi connectivity index (χ2v) is 3.75. The highest BCUT2D eigenvalue weighted by Crippen LogP contribution is 2.15. The second kappa shape index (κ2) is 7.66. The molecule has 0 aliphatic heterocycles. The third-order valence-electron chi connectivity index (χ3n) is 2.29. The molecule has 0 aromatic heterocycles. The molecule has 0 bridgehead atoms. The molecule has 1 amide bonds. The molecule has 0 saturated heterocycles. The van der Waals surface area contributed by atoms with Crippen molar-refractivity contribution in [1.29, 1.82) is 0 Å². The fraction of sp³-hybridized carbons (Fsp3) is 0.462. The van der Waals surface area contributed by atoms with Crippen molar-refractivity contribution in [2.24, 2.45) is 0 Å². The minimum absolute atomic E-state index is 0.130. The summed E-state index contributed by atoms with van der Waals surface area (Å²) in [4.78, 5) is 11.3. The quantitative estimate of drug-likeness (QED) is 0.754. The number of benzene rings is 1. The highest BCUT2D eigenvalue weighted by atomic mass is 19.1. The Morgan fingerprint density at radius 2 is 2.22 bits per heavy atom. The van der Waals surface area contributed by atoms with E-state index in [9.17, 15) is 9.18 Å². The van der Waals surface area contributed by atoms with Gasteiger partial charge in [0, 0.05) is 19.2 Å². The van der Waals surface area contributed by atoms with Crippen molar-refractivity contribution in [2.75, 3.05) is 26.4 Å². The van der Waals surface area contributed by atoms with Crippen molar-refractivity contribution in [3.05, 3.63) is 29.6 Å². The number of carbonyl (C=O) groups excluding carboxylic acids is 1. The predicted octanol–water partition coefficient (Wildman–Crippen LogP) is 1.67. The average Bonchev–Trinajstić information content (AvgIpc) is 2.36. The number of nitrogens with one attached hydrogen (secondary N) is 1. The SMILES string of the molecule is CCOCCNC(=O)COc1ccc(C)c(F)c1. The zero-order valence-electron chi connectivity index (χ0n) is 10.7. The van der Waals surface area contributed by atoms with Crippen LogP contribution in [0.2, 0.25) is 0 Å². The molecule has 0 saturated carbocycles. The van der Waals surface area contributed by atoms with E-state index in [0.717, 1.165) is 0 Å². The number of aryl methyl sites for hydroxylation is 1. The first-order valence-corrected chi connectivity index (χ1v) is 5.87. The van der Waals surface area contributed by atoms with Gasteiger partial charge in [0.05, 0.1) is 6.61 Å². The van der Waals surface area contributed by atoms with E-state index in [1.807, 2.05) is 6.92 Å².